The van der Waals surface area contributed by atoms with Crippen molar-refractivity contribution in [1.82, 2.24) is 5.32 Å². The summed E-state index contributed by atoms with van der Waals surface area (Å²) in [5, 5.41) is 3.37. The molecule has 0 aromatic heterocycles. The number of hydrogen-bond donors (Lipinski definition) is 2. The van der Waals surface area contributed by atoms with Crippen molar-refractivity contribution in [2.45, 2.75) is 11.4 Å². The summed E-state index contributed by atoms with van der Waals surface area (Å²) in [4.78, 5) is 14.5. The Kier molecular flexibility index (Phi) is 6.64. The van der Waals surface area contributed by atoms with Gasteiger partial charge in [-0.05, 0) is 66.2 Å². The molecule has 0 bridgehead atoms. The van der Waals surface area contributed by atoms with Crippen LogP contribution < -0.4 is 14.9 Å². The second-order valence-electron chi connectivity index (χ2n) is 6.88. The quantitative estimate of drug-likeness (QED) is 0.575. The van der Waals surface area contributed by atoms with Gasteiger partial charge in [0.2, 0.25) is 0 Å². The molecule has 0 aliphatic rings. The minimum atomic E-state index is -3.77. The molecule has 156 valence electrons. The third kappa shape index (κ3) is 5.52. The predicted octanol–water partition coefficient (Wildman–Crippen LogP) is 4.14. The molecule has 1 amide bonds. The lowest BCUT2D eigenvalue weighted by Gasteiger charge is -2.14. The minimum absolute atomic E-state index is 0.0627. The van der Waals surface area contributed by atoms with E-state index in [0.717, 1.165) is 11.3 Å². The van der Waals surface area contributed by atoms with Crippen LogP contribution in [0.4, 0.5) is 11.4 Å². The molecule has 2 N–H and O–H groups in total. The number of carbonyl (C=O) groups is 1. The Morgan fingerprint density at radius 1 is 0.967 bits per heavy atom. The van der Waals surface area contributed by atoms with Crippen molar-refractivity contribution >= 4 is 38.9 Å². The lowest BCUT2D eigenvalue weighted by atomic mass is 10.1. The van der Waals surface area contributed by atoms with Crippen LogP contribution in [-0.2, 0) is 16.6 Å². The van der Waals surface area contributed by atoms with Gasteiger partial charge in [0.25, 0.3) is 15.9 Å². The molecule has 30 heavy (non-hydrogen) atoms. The van der Waals surface area contributed by atoms with E-state index in [2.05, 4.69) is 10.0 Å². The zero-order valence-electron chi connectivity index (χ0n) is 16.6. The third-order valence-corrected chi connectivity index (χ3v) is 6.05. The first-order valence-corrected chi connectivity index (χ1v) is 11.0. The van der Waals surface area contributed by atoms with Crippen LogP contribution in [0.15, 0.2) is 77.7 Å². The molecule has 8 heteroatoms. The number of anilines is 2. The SMILES string of the molecule is CN(C)c1cccc(CNC(=O)c2ccc(S(=O)(=O)Nc3ccc(Cl)cc3)cc2)c1. The van der Waals surface area contributed by atoms with Gasteiger partial charge in [0.1, 0.15) is 0 Å². The van der Waals surface area contributed by atoms with E-state index in [-0.39, 0.29) is 10.8 Å². The Morgan fingerprint density at radius 2 is 1.63 bits per heavy atom. The smallest absolute Gasteiger partial charge is 0.261 e. The summed E-state index contributed by atoms with van der Waals surface area (Å²) in [5.74, 6) is -0.278. The van der Waals surface area contributed by atoms with Gasteiger partial charge in [-0.3, -0.25) is 9.52 Å². The summed E-state index contributed by atoms with van der Waals surface area (Å²) >= 11 is 5.82. The first-order valence-electron chi connectivity index (χ1n) is 9.17. The highest BCUT2D eigenvalue weighted by molar-refractivity contribution is 7.92. The van der Waals surface area contributed by atoms with Crippen LogP contribution in [0.2, 0.25) is 5.02 Å². The maximum Gasteiger partial charge on any atom is 0.261 e. The van der Waals surface area contributed by atoms with Crippen LogP contribution in [0.25, 0.3) is 0 Å². The van der Waals surface area contributed by atoms with Crippen LogP contribution >= 0.6 is 11.6 Å². The zero-order chi connectivity index (χ0) is 21.7. The number of rotatable bonds is 7. The molecular formula is C22H22ClN3O3S. The van der Waals surface area contributed by atoms with Gasteiger partial charge in [-0.25, -0.2) is 8.42 Å². The topological polar surface area (TPSA) is 78.5 Å². The summed E-state index contributed by atoms with van der Waals surface area (Å²) in [5.41, 5.74) is 2.80. The summed E-state index contributed by atoms with van der Waals surface area (Å²) in [7, 11) is 0.141. The van der Waals surface area contributed by atoms with Crippen LogP contribution in [0.5, 0.6) is 0 Å². The second-order valence-corrected chi connectivity index (χ2v) is 9.00. The van der Waals surface area contributed by atoms with Gasteiger partial charge in [0.15, 0.2) is 0 Å². The van der Waals surface area contributed by atoms with E-state index in [0.29, 0.717) is 22.8 Å². The highest BCUT2D eigenvalue weighted by atomic mass is 35.5. The lowest BCUT2D eigenvalue weighted by molar-refractivity contribution is 0.0951. The maximum atomic E-state index is 12.5. The fourth-order valence-electron chi connectivity index (χ4n) is 2.75. The molecule has 0 aliphatic carbocycles. The van der Waals surface area contributed by atoms with E-state index in [1.54, 1.807) is 24.3 Å². The van der Waals surface area contributed by atoms with Crippen molar-refractivity contribution in [1.29, 1.82) is 0 Å². The van der Waals surface area contributed by atoms with Crippen LogP contribution in [0.1, 0.15) is 15.9 Å². The number of halogens is 1. The molecule has 3 aromatic carbocycles. The third-order valence-electron chi connectivity index (χ3n) is 4.40. The average molecular weight is 444 g/mol. The second kappa shape index (κ2) is 9.19. The first-order chi connectivity index (χ1) is 14.2. The molecule has 0 spiro atoms. The molecule has 0 saturated carbocycles. The zero-order valence-corrected chi connectivity index (χ0v) is 18.2. The number of carbonyl (C=O) groups excluding carboxylic acids is 1. The fourth-order valence-corrected chi connectivity index (χ4v) is 3.93. The Bertz CT molecular complexity index is 1130. The Hall–Kier alpha value is -3.03. The first kappa shape index (κ1) is 21.7. The van der Waals surface area contributed by atoms with Gasteiger partial charge < -0.3 is 10.2 Å². The van der Waals surface area contributed by atoms with Crippen LogP contribution in [0, 0.1) is 0 Å². The number of sulfonamides is 1. The molecule has 0 atom stereocenters. The van der Waals surface area contributed by atoms with Gasteiger partial charge in [-0.2, -0.15) is 0 Å². The molecule has 0 aliphatic heterocycles. The largest absolute Gasteiger partial charge is 0.378 e. The van der Waals surface area contributed by atoms with E-state index in [1.807, 2.05) is 43.3 Å². The summed E-state index contributed by atoms with van der Waals surface area (Å²) < 4.78 is 27.5. The maximum absolute atomic E-state index is 12.5. The van der Waals surface area contributed by atoms with Crippen molar-refractivity contribution in [2.75, 3.05) is 23.7 Å². The van der Waals surface area contributed by atoms with E-state index < -0.39 is 10.0 Å². The number of amides is 1. The number of nitrogens with zero attached hydrogens (tertiary/aromatic N) is 1. The molecule has 0 saturated heterocycles. The fraction of sp³-hybridized carbons (Fsp3) is 0.136. The van der Waals surface area contributed by atoms with Crippen molar-refractivity contribution in [3.8, 4) is 0 Å². The van der Waals surface area contributed by atoms with Gasteiger partial charge in [-0.15, -0.1) is 0 Å². The molecule has 0 heterocycles. The molecule has 6 nitrogen and oxygen atoms in total. The monoisotopic (exact) mass is 443 g/mol. The number of hydrogen-bond acceptors (Lipinski definition) is 4. The van der Waals surface area contributed by atoms with Gasteiger partial charge in [-0.1, -0.05) is 23.7 Å². The number of benzene rings is 3. The van der Waals surface area contributed by atoms with E-state index in [4.69, 9.17) is 11.6 Å². The number of nitrogens with one attached hydrogen (secondary N) is 2. The lowest BCUT2D eigenvalue weighted by Crippen LogP contribution is -2.23. The summed E-state index contributed by atoms with van der Waals surface area (Å²) in [6.07, 6.45) is 0. The Balaban J connectivity index is 1.65. The highest BCUT2D eigenvalue weighted by Gasteiger charge is 2.15. The predicted molar refractivity (Wildman–Crippen MR) is 121 cm³/mol. The van der Waals surface area contributed by atoms with Crippen molar-refractivity contribution < 1.29 is 13.2 Å². The molecule has 0 fully saturated rings. The molecule has 3 rings (SSSR count). The van der Waals surface area contributed by atoms with Gasteiger partial charge in [0.05, 0.1) is 4.90 Å². The Labute approximate surface area is 181 Å². The highest BCUT2D eigenvalue weighted by Crippen LogP contribution is 2.19. The van der Waals surface area contributed by atoms with Crippen molar-refractivity contribution in [3.63, 3.8) is 0 Å². The average Bonchev–Trinajstić information content (AvgIpc) is 2.74. The Morgan fingerprint density at radius 3 is 2.27 bits per heavy atom. The molecule has 3 aromatic rings. The van der Waals surface area contributed by atoms with Gasteiger partial charge >= 0.3 is 0 Å². The van der Waals surface area contributed by atoms with E-state index in [1.165, 1.54) is 24.3 Å². The van der Waals surface area contributed by atoms with E-state index >= 15 is 0 Å². The standard InChI is InChI=1S/C22H22ClN3O3S/c1-26(2)20-5-3-4-16(14-20)15-24-22(27)17-6-12-21(13-7-17)30(28,29)25-19-10-8-18(23)9-11-19/h3-14,25H,15H2,1-2H3,(H,24,27). The van der Waals surface area contributed by atoms with Gasteiger partial charge in [0, 0.05) is 42.6 Å². The normalized spacial score (nSPS) is 11.0. The van der Waals surface area contributed by atoms with Crippen LogP contribution in [-0.4, -0.2) is 28.4 Å². The molecule has 0 unspecified atom stereocenters. The van der Waals surface area contributed by atoms with E-state index in [9.17, 15) is 13.2 Å². The van der Waals surface area contributed by atoms with Crippen molar-refractivity contribution in [3.05, 3.63) is 88.9 Å². The molecular weight excluding hydrogens is 422 g/mol. The van der Waals surface area contributed by atoms with Crippen LogP contribution in [0.3, 0.4) is 0 Å². The summed E-state index contributed by atoms with van der Waals surface area (Å²) in [6.45, 7) is 0.374. The van der Waals surface area contributed by atoms with Crippen molar-refractivity contribution in [2.24, 2.45) is 0 Å². The minimum Gasteiger partial charge on any atom is -0.378 e. The molecule has 0 radical (unpaired) electrons. The summed E-state index contributed by atoms with van der Waals surface area (Å²) in [6, 6.07) is 20.0.